The zero-order chi connectivity index (χ0) is 16.0. The lowest BCUT2D eigenvalue weighted by Gasteiger charge is -2.06. The van der Waals surface area contributed by atoms with Crippen LogP contribution in [0.3, 0.4) is 0 Å². The van der Waals surface area contributed by atoms with Crippen LogP contribution in [0.4, 0.5) is 0 Å². The Kier molecular flexibility index (Phi) is 5.65. The Labute approximate surface area is 130 Å². The van der Waals surface area contributed by atoms with Crippen LogP contribution < -0.4 is 5.56 Å². The first-order valence-corrected chi connectivity index (χ1v) is 9.25. The number of fused-ring (bicyclic) bond motifs is 1. The quantitative estimate of drug-likeness (QED) is 0.696. The number of hydrogen-bond acceptors (Lipinski definition) is 5. The van der Waals surface area contributed by atoms with Crippen LogP contribution in [0.5, 0.6) is 0 Å². The Hall–Kier alpha value is -1.76. The Morgan fingerprint density at radius 3 is 2.50 bits per heavy atom. The van der Waals surface area contributed by atoms with E-state index in [4.69, 9.17) is 0 Å². The number of nitrogens with zero attached hydrogens (tertiary/aromatic N) is 3. The van der Waals surface area contributed by atoms with E-state index in [-0.39, 0.29) is 11.1 Å². The lowest BCUT2D eigenvalue weighted by molar-refractivity contribution is 0.562. The highest BCUT2D eigenvalue weighted by molar-refractivity contribution is 7.89. The lowest BCUT2D eigenvalue weighted by atomic mass is 10.1. The van der Waals surface area contributed by atoms with Gasteiger partial charge in [-0.25, -0.2) is 8.42 Å². The summed E-state index contributed by atoms with van der Waals surface area (Å²) in [6.45, 7) is 2.13. The fourth-order valence-electron chi connectivity index (χ4n) is 2.31. The fourth-order valence-corrected chi connectivity index (χ4v) is 3.55. The summed E-state index contributed by atoms with van der Waals surface area (Å²) in [5.41, 5.74) is -0.227. The maximum Gasteiger partial charge on any atom is 0.292 e. The van der Waals surface area contributed by atoms with E-state index in [0.717, 1.165) is 25.7 Å². The van der Waals surface area contributed by atoms with Crippen molar-refractivity contribution < 1.29 is 8.42 Å². The van der Waals surface area contributed by atoms with Crippen molar-refractivity contribution in [2.75, 3.05) is 5.75 Å². The van der Waals surface area contributed by atoms with Crippen LogP contribution in [-0.4, -0.2) is 28.6 Å². The van der Waals surface area contributed by atoms with Crippen molar-refractivity contribution in [2.45, 2.75) is 45.4 Å². The maximum atomic E-state index is 12.2. The minimum Gasteiger partial charge on any atom is -0.266 e. The molecule has 1 aromatic carbocycles. The van der Waals surface area contributed by atoms with Crippen LogP contribution in [0, 0.1) is 0 Å². The minimum absolute atomic E-state index is 0.0773. The average Bonchev–Trinajstić information content (AvgIpc) is 2.51. The molecule has 7 heteroatoms. The molecule has 0 unspecified atom stereocenters. The first kappa shape index (κ1) is 16.6. The average molecular weight is 323 g/mol. The number of aromatic nitrogens is 3. The molecule has 0 aliphatic rings. The van der Waals surface area contributed by atoms with Gasteiger partial charge in [0, 0.05) is 0 Å². The van der Waals surface area contributed by atoms with Gasteiger partial charge in [0.1, 0.15) is 5.52 Å². The van der Waals surface area contributed by atoms with Gasteiger partial charge in [0.2, 0.25) is 0 Å². The van der Waals surface area contributed by atoms with Crippen molar-refractivity contribution in [1.29, 1.82) is 0 Å². The second kappa shape index (κ2) is 7.49. The number of benzene rings is 1. The van der Waals surface area contributed by atoms with Gasteiger partial charge < -0.3 is 0 Å². The van der Waals surface area contributed by atoms with E-state index in [1.807, 2.05) is 0 Å². The van der Waals surface area contributed by atoms with Crippen LogP contribution in [0.25, 0.3) is 10.9 Å². The highest BCUT2D eigenvalue weighted by atomic mass is 32.2. The van der Waals surface area contributed by atoms with Gasteiger partial charge in [0.15, 0.2) is 0 Å². The van der Waals surface area contributed by atoms with E-state index in [1.54, 1.807) is 24.3 Å². The molecule has 0 aliphatic heterocycles. The first-order chi connectivity index (χ1) is 10.6. The van der Waals surface area contributed by atoms with Gasteiger partial charge in [-0.05, 0) is 23.8 Å². The number of unbranched alkanes of at least 4 members (excludes halogenated alkanes) is 5. The molecule has 120 valence electrons. The molecule has 2 rings (SSSR count). The molecule has 22 heavy (non-hydrogen) atoms. The number of hydrogen-bond donors (Lipinski definition) is 0. The predicted molar refractivity (Wildman–Crippen MR) is 86.4 cm³/mol. The van der Waals surface area contributed by atoms with E-state index in [0.29, 0.717) is 16.0 Å². The van der Waals surface area contributed by atoms with Gasteiger partial charge in [0.25, 0.3) is 15.6 Å². The van der Waals surface area contributed by atoms with Gasteiger partial charge in [0.05, 0.1) is 11.1 Å². The van der Waals surface area contributed by atoms with Crippen molar-refractivity contribution in [3.8, 4) is 0 Å². The lowest BCUT2D eigenvalue weighted by Crippen LogP contribution is -2.32. The van der Waals surface area contributed by atoms with E-state index >= 15 is 0 Å². The molecule has 1 aromatic heterocycles. The third-order valence-electron chi connectivity index (χ3n) is 3.56. The van der Waals surface area contributed by atoms with Crippen LogP contribution in [0.1, 0.15) is 45.4 Å². The molecule has 0 aliphatic carbocycles. The highest BCUT2D eigenvalue weighted by Crippen LogP contribution is 2.08. The van der Waals surface area contributed by atoms with Crippen LogP contribution in [0.15, 0.2) is 29.1 Å². The molecule has 0 fully saturated rings. The molecule has 0 N–H and O–H groups in total. The summed E-state index contributed by atoms with van der Waals surface area (Å²) in [4.78, 5) is 12.2. The Morgan fingerprint density at radius 2 is 1.73 bits per heavy atom. The third kappa shape index (κ3) is 3.91. The van der Waals surface area contributed by atoms with Gasteiger partial charge >= 0.3 is 0 Å². The van der Waals surface area contributed by atoms with E-state index in [2.05, 4.69) is 17.2 Å². The molecule has 0 radical (unpaired) electrons. The second-order valence-corrected chi connectivity index (χ2v) is 7.26. The summed E-state index contributed by atoms with van der Waals surface area (Å²) in [7, 11) is -3.74. The van der Waals surface area contributed by atoms with Crippen LogP contribution in [0.2, 0.25) is 0 Å². The summed E-state index contributed by atoms with van der Waals surface area (Å²) in [6.07, 6.45) is 5.83. The van der Waals surface area contributed by atoms with Crippen molar-refractivity contribution in [1.82, 2.24) is 14.4 Å². The summed E-state index contributed by atoms with van der Waals surface area (Å²) in [6, 6.07) is 6.60. The normalized spacial score (nSPS) is 11.9. The minimum atomic E-state index is -3.74. The molecule has 6 nitrogen and oxygen atoms in total. The standard InChI is InChI=1S/C15H21N3O3S/c1-2-3-4-5-6-9-12-22(20,21)18-15(19)13-10-7-8-11-14(13)16-17-18/h7-8,10-11H,2-6,9,12H2,1H3. The largest absolute Gasteiger partial charge is 0.292 e. The summed E-state index contributed by atoms with van der Waals surface area (Å²) in [5, 5.41) is 7.65. The summed E-state index contributed by atoms with van der Waals surface area (Å²) in [5.74, 6) is -0.0773. The van der Waals surface area contributed by atoms with Crippen molar-refractivity contribution in [3.63, 3.8) is 0 Å². The van der Waals surface area contributed by atoms with E-state index in [9.17, 15) is 13.2 Å². The van der Waals surface area contributed by atoms with Crippen molar-refractivity contribution in [2.24, 2.45) is 0 Å². The zero-order valence-electron chi connectivity index (χ0n) is 12.7. The Morgan fingerprint density at radius 1 is 1.05 bits per heavy atom. The van der Waals surface area contributed by atoms with Crippen LogP contribution in [-0.2, 0) is 10.0 Å². The zero-order valence-corrected chi connectivity index (χ0v) is 13.6. The molecule has 0 saturated heterocycles. The van der Waals surface area contributed by atoms with Gasteiger partial charge in [-0.15, -0.1) is 5.10 Å². The number of rotatable bonds is 8. The second-order valence-electron chi connectivity index (χ2n) is 5.34. The molecule has 2 aromatic rings. The van der Waals surface area contributed by atoms with Crippen molar-refractivity contribution >= 4 is 20.9 Å². The first-order valence-electron chi connectivity index (χ1n) is 7.64. The molecular formula is C15H21N3O3S. The maximum absolute atomic E-state index is 12.2. The smallest absolute Gasteiger partial charge is 0.266 e. The molecule has 0 saturated carbocycles. The summed E-state index contributed by atoms with van der Waals surface area (Å²) < 4.78 is 25.0. The highest BCUT2D eigenvalue weighted by Gasteiger charge is 2.18. The topological polar surface area (TPSA) is 81.9 Å². The van der Waals surface area contributed by atoms with Gasteiger partial charge in [-0.3, -0.25) is 4.79 Å². The van der Waals surface area contributed by atoms with E-state index < -0.39 is 15.6 Å². The molecule has 0 spiro atoms. The van der Waals surface area contributed by atoms with Gasteiger partial charge in [-0.2, -0.15) is 0 Å². The molecule has 0 atom stereocenters. The monoisotopic (exact) mass is 323 g/mol. The molecular weight excluding hydrogens is 302 g/mol. The molecule has 0 amide bonds. The SMILES string of the molecule is CCCCCCCCS(=O)(=O)n1nnc2ccccc2c1=O. The van der Waals surface area contributed by atoms with Gasteiger partial charge in [-0.1, -0.05) is 55.2 Å². The van der Waals surface area contributed by atoms with Crippen LogP contribution >= 0.6 is 0 Å². The van der Waals surface area contributed by atoms with E-state index in [1.165, 1.54) is 6.42 Å². The Bertz CT molecular complexity index is 784. The third-order valence-corrected chi connectivity index (χ3v) is 5.13. The molecule has 1 heterocycles. The predicted octanol–water partition coefficient (Wildman–Crippen LogP) is 2.33. The van der Waals surface area contributed by atoms with Crippen molar-refractivity contribution in [3.05, 3.63) is 34.6 Å². The molecule has 0 bridgehead atoms. The summed E-state index contributed by atoms with van der Waals surface area (Å²) >= 11 is 0. The Balaban J connectivity index is 2.10. The fraction of sp³-hybridized carbons (Fsp3) is 0.533.